The second-order valence-corrected chi connectivity index (χ2v) is 9.80. The Balaban J connectivity index is 1.54. The van der Waals surface area contributed by atoms with Gasteiger partial charge in [0.25, 0.3) is 0 Å². The number of piperidine rings is 2. The molecule has 1 aromatic rings. The quantitative estimate of drug-likeness (QED) is 0.727. The molecule has 154 valence electrons. The Morgan fingerprint density at radius 1 is 1.34 bits per heavy atom. The summed E-state index contributed by atoms with van der Waals surface area (Å²) < 4.78 is 14.5. The fourth-order valence-corrected chi connectivity index (χ4v) is 6.05. The lowest BCUT2D eigenvalue weighted by Gasteiger charge is -2.59. The first-order valence-corrected chi connectivity index (χ1v) is 10.5. The average Bonchev–Trinajstić information content (AvgIpc) is 2.66. The van der Waals surface area contributed by atoms with Crippen molar-refractivity contribution in [1.82, 2.24) is 4.90 Å². The van der Waals surface area contributed by atoms with Crippen molar-refractivity contribution in [2.45, 2.75) is 64.5 Å². The second-order valence-electron chi connectivity index (χ2n) is 9.80. The molecule has 2 aliphatic carbocycles. The van der Waals surface area contributed by atoms with E-state index < -0.39 is 11.2 Å². The zero-order valence-corrected chi connectivity index (χ0v) is 17.4. The van der Waals surface area contributed by atoms with E-state index in [2.05, 4.69) is 11.4 Å². The van der Waals surface area contributed by atoms with Gasteiger partial charge in [0.05, 0.1) is 17.0 Å². The third-order valence-electron chi connectivity index (χ3n) is 7.26. The SMILES string of the molecule is CNc1cccc(F)c1C(=N)C(C)(C)CC(=O)N1C2CC3CC1CC(C#N)(C3)C2. The van der Waals surface area contributed by atoms with E-state index in [9.17, 15) is 14.4 Å². The number of anilines is 1. The molecule has 5 rings (SSSR count). The van der Waals surface area contributed by atoms with Gasteiger partial charge >= 0.3 is 0 Å². The van der Waals surface area contributed by atoms with Crippen LogP contribution in [0.25, 0.3) is 0 Å². The van der Waals surface area contributed by atoms with E-state index in [4.69, 9.17) is 5.41 Å². The highest BCUT2D eigenvalue weighted by atomic mass is 19.1. The van der Waals surface area contributed by atoms with Crippen LogP contribution in [0.1, 0.15) is 57.9 Å². The molecule has 6 heteroatoms. The highest BCUT2D eigenvalue weighted by Gasteiger charge is 2.56. The Morgan fingerprint density at radius 3 is 2.59 bits per heavy atom. The first-order valence-electron chi connectivity index (χ1n) is 10.5. The maximum atomic E-state index is 14.5. The van der Waals surface area contributed by atoms with Crippen molar-refractivity contribution in [3.05, 3.63) is 29.6 Å². The molecule has 0 spiro atoms. The van der Waals surface area contributed by atoms with E-state index in [1.54, 1.807) is 19.2 Å². The van der Waals surface area contributed by atoms with Crippen molar-refractivity contribution in [3.8, 4) is 6.07 Å². The number of nitrogens with zero attached hydrogens (tertiary/aromatic N) is 2. The molecule has 2 saturated heterocycles. The summed E-state index contributed by atoms with van der Waals surface area (Å²) in [7, 11) is 1.70. The van der Waals surface area contributed by atoms with Gasteiger partial charge in [0, 0.05) is 42.4 Å². The van der Waals surface area contributed by atoms with Crippen molar-refractivity contribution in [2.75, 3.05) is 12.4 Å². The van der Waals surface area contributed by atoms with Crippen molar-refractivity contribution >= 4 is 17.3 Å². The smallest absolute Gasteiger partial charge is 0.224 e. The van der Waals surface area contributed by atoms with Crippen LogP contribution in [0.3, 0.4) is 0 Å². The fraction of sp³-hybridized carbons (Fsp3) is 0.609. The molecule has 0 radical (unpaired) electrons. The minimum absolute atomic E-state index is 0.0315. The Labute approximate surface area is 171 Å². The van der Waals surface area contributed by atoms with Crippen molar-refractivity contribution in [2.24, 2.45) is 16.7 Å². The molecular weight excluding hydrogens is 367 g/mol. The number of rotatable bonds is 5. The minimum Gasteiger partial charge on any atom is -0.387 e. The second kappa shape index (κ2) is 6.83. The standard InChI is InChI=1S/C23H29FN4O/c1-22(2,21(26)20-17(24)5-4-6-18(20)27-3)12-19(29)28-15-7-14-8-16(28)11-23(9-14,10-15)13-25/h4-6,14-16,26-27H,7-12H2,1-3H3. The lowest BCUT2D eigenvalue weighted by Crippen LogP contribution is -2.63. The minimum atomic E-state index is -0.799. The number of amides is 1. The van der Waals surface area contributed by atoms with E-state index in [0.717, 1.165) is 32.1 Å². The maximum absolute atomic E-state index is 14.5. The van der Waals surface area contributed by atoms with Crippen LogP contribution in [0.5, 0.6) is 0 Å². The van der Waals surface area contributed by atoms with E-state index >= 15 is 0 Å². The number of hydrogen-bond donors (Lipinski definition) is 2. The number of hydrogen-bond acceptors (Lipinski definition) is 4. The summed E-state index contributed by atoms with van der Waals surface area (Å²) in [5.41, 5.74) is -0.124. The Morgan fingerprint density at radius 2 is 2.00 bits per heavy atom. The number of carbonyl (C=O) groups excluding carboxylic acids is 1. The van der Waals surface area contributed by atoms with Crippen LogP contribution in [0.4, 0.5) is 10.1 Å². The van der Waals surface area contributed by atoms with E-state index in [1.807, 2.05) is 18.7 Å². The Bertz CT molecular complexity index is 887. The molecule has 0 aromatic heterocycles. The van der Waals surface area contributed by atoms with Crippen LogP contribution in [0, 0.1) is 39.3 Å². The molecule has 2 saturated carbocycles. The van der Waals surface area contributed by atoms with Gasteiger partial charge in [-0.25, -0.2) is 4.39 Å². The molecule has 5 nitrogen and oxygen atoms in total. The molecule has 4 bridgehead atoms. The van der Waals surface area contributed by atoms with Gasteiger partial charge in [-0.15, -0.1) is 0 Å². The van der Waals surface area contributed by atoms with Crippen LogP contribution >= 0.6 is 0 Å². The van der Waals surface area contributed by atoms with Crippen LogP contribution in [0.2, 0.25) is 0 Å². The summed E-state index contributed by atoms with van der Waals surface area (Å²) in [6, 6.07) is 7.54. The summed E-state index contributed by atoms with van der Waals surface area (Å²) in [6.07, 6.45) is 4.67. The third-order valence-corrected chi connectivity index (χ3v) is 7.26. The molecule has 2 N–H and O–H groups in total. The maximum Gasteiger partial charge on any atom is 0.224 e. The molecule has 2 unspecified atom stereocenters. The lowest BCUT2D eigenvalue weighted by atomic mass is 9.56. The number of halogens is 1. The van der Waals surface area contributed by atoms with Crippen LogP contribution in [0.15, 0.2) is 18.2 Å². The highest BCUT2D eigenvalue weighted by molar-refractivity contribution is 6.08. The summed E-state index contributed by atoms with van der Waals surface area (Å²) >= 11 is 0. The fourth-order valence-electron chi connectivity index (χ4n) is 6.05. The van der Waals surface area contributed by atoms with Gasteiger partial charge in [-0.3, -0.25) is 4.79 Å². The predicted octanol–water partition coefficient (Wildman–Crippen LogP) is 4.33. The summed E-state index contributed by atoms with van der Waals surface area (Å²) in [5.74, 6) is 0.136. The summed E-state index contributed by atoms with van der Waals surface area (Å²) in [4.78, 5) is 15.4. The molecule has 2 atom stereocenters. The molecule has 4 fully saturated rings. The van der Waals surface area contributed by atoms with Gasteiger partial charge in [-0.05, 0) is 50.2 Å². The van der Waals surface area contributed by atoms with Gasteiger partial charge in [0.1, 0.15) is 5.82 Å². The largest absolute Gasteiger partial charge is 0.387 e. The van der Waals surface area contributed by atoms with E-state index in [0.29, 0.717) is 11.6 Å². The molecule has 2 aliphatic heterocycles. The van der Waals surface area contributed by atoms with E-state index in [1.165, 1.54) is 6.07 Å². The van der Waals surface area contributed by atoms with E-state index in [-0.39, 0.29) is 41.1 Å². The zero-order chi connectivity index (χ0) is 21.0. The summed E-state index contributed by atoms with van der Waals surface area (Å²) in [6.45, 7) is 3.68. The van der Waals surface area contributed by atoms with Crippen molar-refractivity contribution in [1.29, 1.82) is 10.7 Å². The monoisotopic (exact) mass is 396 g/mol. The Hall–Kier alpha value is -2.42. The van der Waals surface area contributed by atoms with Gasteiger partial charge in [0.15, 0.2) is 0 Å². The van der Waals surface area contributed by atoms with Crippen LogP contribution in [-0.4, -0.2) is 35.7 Å². The number of benzene rings is 1. The molecule has 29 heavy (non-hydrogen) atoms. The van der Waals surface area contributed by atoms with Gasteiger partial charge in [-0.1, -0.05) is 19.9 Å². The average molecular weight is 397 g/mol. The zero-order valence-electron chi connectivity index (χ0n) is 17.4. The van der Waals surface area contributed by atoms with Crippen molar-refractivity contribution < 1.29 is 9.18 Å². The topological polar surface area (TPSA) is 80.0 Å². The molecule has 1 aromatic carbocycles. The lowest BCUT2D eigenvalue weighted by molar-refractivity contribution is -0.154. The van der Waals surface area contributed by atoms with Gasteiger partial charge in [-0.2, -0.15) is 5.26 Å². The highest BCUT2D eigenvalue weighted by Crippen LogP contribution is 2.56. The number of carbonyl (C=O) groups is 1. The Kier molecular flexibility index (Phi) is 4.68. The van der Waals surface area contributed by atoms with Crippen LogP contribution in [-0.2, 0) is 4.79 Å². The normalized spacial score (nSPS) is 30.2. The summed E-state index contributed by atoms with van der Waals surface area (Å²) in [5, 5.41) is 21.3. The first-order chi connectivity index (χ1) is 13.7. The number of nitriles is 1. The van der Waals surface area contributed by atoms with Crippen LogP contribution < -0.4 is 5.32 Å². The first kappa shape index (κ1) is 19.9. The molecule has 1 amide bonds. The molecule has 2 heterocycles. The number of nitrogens with one attached hydrogen (secondary N) is 2. The predicted molar refractivity (Wildman–Crippen MR) is 110 cm³/mol. The third kappa shape index (κ3) is 3.21. The van der Waals surface area contributed by atoms with Gasteiger partial charge in [0.2, 0.25) is 5.91 Å². The molecular formula is C23H29FN4O. The van der Waals surface area contributed by atoms with Gasteiger partial charge < -0.3 is 15.6 Å². The van der Waals surface area contributed by atoms with Crippen molar-refractivity contribution in [3.63, 3.8) is 0 Å². The molecule has 4 aliphatic rings.